The molecule has 0 amide bonds. The van der Waals surface area contributed by atoms with Crippen molar-refractivity contribution in [2.24, 2.45) is 0 Å². The fourth-order valence-corrected chi connectivity index (χ4v) is 1.62. The van der Waals surface area contributed by atoms with Gasteiger partial charge in [0.05, 0.1) is 0 Å². The van der Waals surface area contributed by atoms with Crippen LogP contribution in [0.15, 0.2) is 16.7 Å². The van der Waals surface area contributed by atoms with E-state index in [9.17, 15) is 4.39 Å². The molecule has 80 valence electrons. The Hall–Kier alpha value is -1.58. The Morgan fingerprint density at radius 1 is 1.33 bits per heavy atom. The van der Waals surface area contributed by atoms with Gasteiger partial charge in [0, 0.05) is 5.56 Å². The summed E-state index contributed by atoms with van der Waals surface area (Å²) in [7, 11) is 0. The topological polar surface area (TPSA) is 52.0 Å². The average Bonchev–Trinajstić information content (AvgIpc) is 2.47. The van der Waals surface area contributed by atoms with Crippen LogP contribution in [0, 0.1) is 5.82 Å². The molecule has 0 bridgehead atoms. The Morgan fingerprint density at radius 2 is 2.00 bits per heavy atom. The number of hydrogen-bond acceptors (Lipinski definition) is 3. The van der Waals surface area contributed by atoms with Crippen LogP contribution in [0.25, 0.3) is 11.0 Å². The molecular formula is C11H13FN2O. The molecule has 0 aliphatic heterocycles. The summed E-state index contributed by atoms with van der Waals surface area (Å²) < 4.78 is 18.5. The van der Waals surface area contributed by atoms with Gasteiger partial charge in [-0.05, 0) is 11.5 Å². The molecule has 2 rings (SSSR count). The third-order valence-corrected chi connectivity index (χ3v) is 2.41. The molecule has 0 radical (unpaired) electrons. The summed E-state index contributed by atoms with van der Waals surface area (Å²) in [5, 5.41) is 3.87. The minimum absolute atomic E-state index is 0.105. The molecule has 0 unspecified atom stereocenters. The summed E-state index contributed by atoms with van der Waals surface area (Å²) in [5.74, 6) is -0.287. The maximum Gasteiger partial charge on any atom is 0.177 e. The van der Waals surface area contributed by atoms with Crippen LogP contribution < -0.4 is 5.73 Å². The van der Waals surface area contributed by atoms with E-state index in [0.29, 0.717) is 5.58 Å². The number of anilines is 1. The van der Waals surface area contributed by atoms with Gasteiger partial charge >= 0.3 is 0 Å². The van der Waals surface area contributed by atoms with Gasteiger partial charge in [0.15, 0.2) is 11.4 Å². The van der Waals surface area contributed by atoms with Crippen LogP contribution in [0.2, 0.25) is 0 Å². The largest absolute Gasteiger partial charge is 0.380 e. The summed E-state index contributed by atoms with van der Waals surface area (Å²) in [4.78, 5) is 0. The van der Waals surface area contributed by atoms with Crippen molar-refractivity contribution >= 4 is 16.8 Å². The van der Waals surface area contributed by atoms with E-state index in [1.165, 1.54) is 6.07 Å². The Morgan fingerprint density at radius 3 is 2.60 bits per heavy atom. The van der Waals surface area contributed by atoms with Crippen molar-refractivity contribution in [2.75, 3.05) is 5.73 Å². The molecule has 0 saturated carbocycles. The van der Waals surface area contributed by atoms with Crippen LogP contribution in [-0.4, -0.2) is 5.16 Å². The van der Waals surface area contributed by atoms with E-state index in [0.717, 1.165) is 5.56 Å². The molecule has 0 atom stereocenters. The minimum atomic E-state index is -0.392. The highest BCUT2D eigenvalue weighted by Gasteiger charge is 2.22. The van der Waals surface area contributed by atoms with Crippen LogP contribution in [0.1, 0.15) is 26.3 Å². The van der Waals surface area contributed by atoms with Crippen LogP contribution in [0.5, 0.6) is 0 Å². The first-order valence-corrected chi connectivity index (χ1v) is 4.75. The zero-order valence-electron chi connectivity index (χ0n) is 8.97. The summed E-state index contributed by atoms with van der Waals surface area (Å²) >= 11 is 0. The molecular weight excluding hydrogens is 195 g/mol. The molecule has 0 saturated heterocycles. The standard InChI is InChI=1S/C11H13FN2O/c1-11(2,3)6-4-5-7(12)8-9(6)15-14-10(8)13/h4-5H,1-3H3,(H2,13,14). The maximum absolute atomic E-state index is 13.5. The van der Waals surface area contributed by atoms with E-state index in [2.05, 4.69) is 5.16 Å². The molecule has 0 aliphatic carbocycles. The van der Waals surface area contributed by atoms with Gasteiger partial charge in [0.25, 0.3) is 0 Å². The Bertz CT molecular complexity index is 511. The third kappa shape index (κ3) is 1.46. The van der Waals surface area contributed by atoms with Crippen molar-refractivity contribution in [3.63, 3.8) is 0 Å². The van der Waals surface area contributed by atoms with E-state index in [1.807, 2.05) is 20.8 Å². The lowest BCUT2D eigenvalue weighted by atomic mass is 9.86. The fraction of sp³-hybridized carbons (Fsp3) is 0.364. The lowest BCUT2D eigenvalue weighted by Crippen LogP contribution is -2.11. The smallest absolute Gasteiger partial charge is 0.177 e. The normalized spacial score (nSPS) is 12.3. The molecule has 1 aromatic carbocycles. The first-order chi connectivity index (χ1) is 6.91. The molecule has 4 heteroatoms. The monoisotopic (exact) mass is 208 g/mol. The van der Waals surface area contributed by atoms with Crippen molar-refractivity contribution in [1.82, 2.24) is 5.16 Å². The molecule has 2 N–H and O–H groups in total. The van der Waals surface area contributed by atoms with Gasteiger partial charge in [-0.1, -0.05) is 32.0 Å². The second-order valence-electron chi connectivity index (χ2n) is 4.62. The summed E-state index contributed by atoms with van der Waals surface area (Å²) in [6, 6.07) is 3.11. The van der Waals surface area contributed by atoms with Gasteiger partial charge in [-0.2, -0.15) is 0 Å². The van der Waals surface area contributed by atoms with Crippen molar-refractivity contribution in [2.45, 2.75) is 26.2 Å². The van der Waals surface area contributed by atoms with Crippen LogP contribution in [-0.2, 0) is 5.41 Å². The molecule has 0 aliphatic rings. The number of benzene rings is 1. The highest BCUT2D eigenvalue weighted by molar-refractivity contribution is 5.90. The molecule has 15 heavy (non-hydrogen) atoms. The van der Waals surface area contributed by atoms with Gasteiger partial charge in [-0.3, -0.25) is 0 Å². The third-order valence-electron chi connectivity index (χ3n) is 2.41. The lowest BCUT2D eigenvalue weighted by Gasteiger charge is -2.18. The molecule has 1 aromatic heterocycles. The van der Waals surface area contributed by atoms with Crippen molar-refractivity contribution in [3.8, 4) is 0 Å². The number of aromatic nitrogens is 1. The fourth-order valence-electron chi connectivity index (χ4n) is 1.62. The Balaban J connectivity index is 2.85. The van der Waals surface area contributed by atoms with E-state index < -0.39 is 5.82 Å². The molecule has 0 spiro atoms. The average molecular weight is 208 g/mol. The van der Waals surface area contributed by atoms with Crippen molar-refractivity contribution in [1.29, 1.82) is 0 Å². The number of nitrogens with zero attached hydrogens (tertiary/aromatic N) is 1. The van der Waals surface area contributed by atoms with Crippen LogP contribution in [0.4, 0.5) is 10.2 Å². The zero-order valence-corrected chi connectivity index (χ0v) is 8.97. The lowest BCUT2D eigenvalue weighted by molar-refractivity contribution is 0.449. The van der Waals surface area contributed by atoms with E-state index >= 15 is 0 Å². The summed E-state index contributed by atoms with van der Waals surface area (Å²) in [5.41, 5.74) is 6.77. The number of nitrogens with two attached hydrogens (primary N) is 1. The van der Waals surface area contributed by atoms with Gasteiger partial charge in [-0.15, -0.1) is 0 Å². The predicted molar refractivity (Wildman–Crippen MR) is 57.1 cm³/mol. The Kier molecular flexibility index (Phi) is 1.96. The van der Waals surface area contributed by atoms with Gasteiger partial charge in [0.2, 0.25) is 0 Å². The Labute approximate surface area is 87.0 Å². The number of nitrogen functional groups attached to an aromatic ring is 1. The predicted octanol–water partition coefficient (Wildman–Crippen LogP) is 2.85. The first-order valence-electron chi connectivity index (χ1n) is 4.75. The minimum Gasteiger partial charge on any atom is -0.380 e. The molecule has 2 aromatic rings. The van der Waals surface area contributed by atoms with Gasteiger partial charge in [-0.25, -0.2) is 4.39 Å². The van der Waals surface area contributed by atoms with E-state index in [4.69, 9.17) is 10.3 Å². The first kappa shape index (κ1) is 9.96. The second kappa shape index (κ2) is 2.95. The maximum atomic E-state index is 13.5. The number of rotatable bonds is 0. The number of halogens is 1. The van der Waals surface area contributed by atoms with Crippen molar-refractivity contribution in [3.05, 3.63) is 23.5 Å². The highest BCUT2D eigenvalue weighted by atomic mass is 19.1. The molecule has 1 heterocycles. The van der Waals surface area contributed by atoms with Gasteiger partial charge in [0.1, 0.15) is 11.2 Å². The highest BCUT2D eigenvalue weighted by Crippen LogP contribution is 2.33. The van der Waals surface area contributed by atoms with E-state index in [-0.39, 0.29) is 16.6 Å². The van der Waals surface area contributed by atoms with Crippen LogP contribution in [0.3, 0.4) is 0 Å². The number of hydrogen-bond donors (Lipinski definition) is 1. The summed E-state index contributed by atoms with van der Waals surface area (Å²) in [6.07, 6.45) is 0. The van der Waals surface area contributed by atoms with Crippen molar-refractivity contribution < 1.29 is 8.91 Å². The SMILES string of the molecule is CC(C)(C)c1ccc(F)c2c(N)noc12. The summed E-state index contributed by atoms with van der Waals surface area (Å²) in [6.45, 7) is 6.08. The zero-order chi connectivity index (χ0) is 11.2. The van der Waals surface area contributed by atoms with Gasteiger partial charge < -0.3 is 10.3 Å². The van der Waals surface area contributed by atoms with Crippen LogP contribution >= 0.6 is 0 Å². The molecule has 0 fully saturated rings. The molecule has 3 nitrogen and oxygen atoms in total. The second-order valence-corrected chi connectivity index (χ2v) is 4.62. The quantitative estimate of drug-likeness (QED) is 0.724. The van der Waals surface area contributed by atoms with E-state index in [1.54, 1.807) is 6.07 Å². The number of fused-ring (bicyclic) bond motifs is 1.